The molecule has 0 bridgehead atoms. The first kappa shape index (κ1) is 10.5. The molecule has 3 heteroatoms. The molecule has 2 aliphatic rings. The minimum atomic E-state index is -0.696. The molecule has 2 fully saturated rings. The van der Waals surface area contributed by atoms with E-state index >= 15 is 0 Å². The monoisotopic (exact) mass is 206 g/mol. The molecular weight excluding hydrogens is 188 g/mol. The first-order valence-electron chi connectivity index (χ1n) is 5.78. The van der Waals surface area contributed by atoms with E-state index < -0.39 is 5.41 Å². The maximum atomic E-state index is 11.9. The molecule has 0 heterocycles. The maximum Gasteiger partial charge on any atom is 0.240 e. The number of nitrogens with zero attached hydrogens (tertiary/aromatic N) is 1. The number of nitriles is 1. The van der Waals surface area contributed by atoms with E-state index in [2.05, 4.69) is 25.2 Å². The Hall–Kier alpha value is -1.04. The SMILES string of the molecule is CC1CC(NC(=O)C2(C#N)CC(C)C2)C1. The molecule has 0 unspecified atom stereocenters. The van der Waals surface area contributed by atoms with Crippen LogP contribution in [0.1, 0.15) is 39.5 Å². The highest BCUT2D eigenvalue weighted by Gasteiger charge is 2.49. The first-order valence-corrected chi connectivity index (χ1v) is 5.78. The maximum absolute atomic E-state index is 11.9. The number of rotatable bonds is 2. The average molecular weight is 206 g/mol. The number of hydrogen-bond acceptors (Lipinski definition) is 2. The van der Waals surface area contributed by atoms with Crippen LogP contribution in [0, 0.1) is 28.6 Å². The molecule has 1 N–H and O–H groups in total. The van der Waals surface area contributed by atoms with Gasteiger partial charge < -0.3 is 5.32 Å². The molecule has 0 atom stereocenters. The van der Waals surface area contributed by atoms with E-state index in [0.29, 0.717) is 12.0 Å². The van der Waals surface area contributed by atoms with Gasteiger partial charge >= 0.3 is 0 Å². The predicted molar refractivity (Wildman–Crippen MR) is 56.8 cm³/mol. The number of amides is 1. The smallest absolute Gasteiger partial charge is 0.240 e. The average Bonchev–Trinajstić information content (AvgIpc) is 2.09. The van der Waals surface area contributed by atoms with Crippen LogP contribution in [0.4, 0.5) is 0 Å². The second-order valence-corrected chi connectivity index (χ2v) is 5.45. The molecule has 0 aromatic heterocycles. The van der Waals surface area contributed by atoms with E-state index in [1.807, 2.05) is 0 Å². The Bertz CT molecular complexity index is 306. The highest BCUT2D eigenvalue weighted by molar-refractivity contribution is 5.86. The Morgan fingerprint density at radius 1 is 1.33 bits per heavy atom. The van der Waals surface area contributed by atoms with Crippen LogP contribution in [0.25, 0.3) is 0 Å². The van der Waals surface area contributed by atoms with Crippen molar-refractivity contribution in [2.24, 2.45) is 17.3 Å². The van der Waals surface area contributed by atoms with Gasteiger partial charge in [0.2, 0.25) is 5.91 Å². The lowest BCUT2D eigenvalue weighted by Gasteiger charge is -2.42. The van der Waals surface area contributed by atoms with Crippen molar-refractivity contribution in [1.29, 1.82) is 5.26 Å². The lowest BCUT2D eigenvalue weighted by molar-refractivity contribution is -0.135. The van der Waals surface area contributed by atoms with Crippen molar-refractivity contribution < 1.29 is 4.79 Å². The normalized spacial score (nSPS) is 43.4. The zero-order valence-electron chi connectivity index (χ0n) is 9.42. The Balaban J connectivity index is 1.88. The van der Waals surface area contributed by atoms with Crippen LogP contribution in [0.3, 0.4) is 0 Å². The third-order valence-corrected chi connectivity index (χ3v) is 3.75. The predicted octanol–water partition coefficient (Wildman–Crippen LogP) is 1.84. The summed E-state index contributed by atoms with van der Waals surface area (Å²) in [5.74, 6) is 1.23. The van der Waals surface area contributed by atoms with Gasteiger partial charge in [0, 0.05) is 6.04 Å². The molecule has 1 amide bonds. The third kappa shape index (κ3) is 1.73. The van der Waals surface area contributed by atoms with Crippen molar-refractivity contribution in [2.75, 3.05) is 0 Å². The van der Waals surface area contributed by atoms with Crippen molar-refractivity contribution in [3.05, 3.63) is 0 Å². The highest BCUT2D eigenvalue weighted by Crippen LogP contribution is 2.45. The molecule has 0 spiro atoms. The molecule has 3 nitrogen and oxygen atoms in total. The zero-order valence-corrected chi connectivity index (χ0v) is 9.42. The summed E-state index contributed by atoms with van der Waals surface area (Å²) in [6.07, 6.45) is 3.61. The lowest BCUT2D eigenvalue weighted by Crippen LogP contribution is -2.53. The van der Waals surface area contributed by atoms with Crippen LogP contribution in [0.2, 0.25) is 0 Å². The summed E-state index contributed by atoms with van der Waals surface area (Å²) in [4.78, 5) is 11.9. The van der Waals surface area contributed by atoms with Crippen LogP contribution in [-0.2, 0) is 4.79 Å². The minimum Gasteiger partial charge on any atom is -0.352 e. The standard InChI is InChI=1S/C12H18N2O/c1-8-3-10(4-8)14-11(15)12(7-13)5-9(2)6-12/h8-10H,3-6H2,1-2H3,(H,14,15). The summed E-state index contributed by atoms with van der Waals surface area (Å²) in [5, 5.41) is 12.1. The van der Waals surface area contributed by atoms with Gasteiger partial charge in [0.1, 0.15) is 5.41 Å². The van der Waals surface area contributed by atoms with Crippen LogP contribution < -0.4 is 5.32 Å². The summed E-state index contributed by atoms with van der Waals surface area (Å²) in [6.45, 7) is 4.28. The number of carbonyl (C=O) groups excluding carboxylic acids is 1. The number of hydrogen-bond donors (Lipinski definition) is 1. The van der Waals surface area contributed by atoms with E-state index in [0.717, 1.165) is 31.6 Å². The molecule has 0 aromatic rings. The quantitative estimate of drug-likeness (QED) is 0.749. The van der Waals surface area contributed by atoms with E-state index in [9.17, 15) is 4.79 Å². The van der Waals surface area contributed by atoms with Gasteiger partial charge in [0.05, 0.1) is 6.07 Å². The fourth-order valence-electron chi connectivity index (χ4n) is 2.80. The second kappa shape index (κ2) is 3.52. The minimum absolute atomic E-state index is 0.0278. The molecule has 0 saturated heterocycles. The number of nitrogens with one attached hydrogen (secondary N) is 1. The second-order valence-electron chi connectivity index (χ2n) is 5.45. The Labute approximate surface area is 90.8 Å². The fourth-order valence-corrected chi connectivity index (χ4v) is 2.80. The van der Waals surface area contributed by atoms with Crippen LogP contribution in [0.5, 0.6) is 0 Å². The van der Waals surface area contributed by atoms with Gasteiger partial charge in [-0.3, -0.25) is 4.79 Å². The van der Waals surface area contributed by atoms with Crippen molar-refractivity contribution in [3.63, 3.8) is 0 Å². The summed E-state index contributed by atoms with van der Waals surface area (Å²) in [5.41, 5.74) is -0.696. The largest absolute Gasteiger partial charge is 0.352 e. The number of carbonyl (C=O) groups is 1. The van der Waals surface area contributed by atoms with Crippen molar-refractivity contribution in [1.82, 2.24) is 5.32 Å². The molecule has 0 aliphatic heterocycles. The van der Waals surface area contributed by atoms with E-state index in [1.165, 1.54) is 0 Å². The molecule has 82 valence electrons. The highest BCUT2D eigenvalue weighted by atomic mass is 16.2. The van der Waals surface area contributed by atoms with Gasteiger partial charge in [-0.1, -0.05) is 13.8 Å². The molecule has 2 rings (SSSR count). The first-order chi connectivity index (χ1) is 7.05. The summed E-state index contributed by atoms with van der Waals surface area (Å²) in [6, 6.07) is 2.53. The lowest BCUT2D eigenvalue weighted by atomic mass is 9.62. The molecular formula is C12H18N2O. The molecule has 0 radical (unpaired) electrons. The molecule has 2 saturated carbocycles. The zero-order chi connectivity index (χ0) is 11.1. The van der Waals surface area contributed by atoms with Crippen molar-refractivity contribution in [3.8, 4) is 6.07 Å². The fraction of sp³-hybridized carbons (Fsp3) is 0.833. The van der Waals surface area contributed by atoms with Crippen molar-refractivity contribution >= 4 is 5.91 Å². The molecule has 2 aliphatic carbocycles. The Morgan fingerprint density at radius 2 is 1.93 bits per heavy atom. The van der Waals surface area contributed by atoms with Crippen molar-refractivity contribution in [2.45, 2.75) is 45.6 Å². The van der Waals surface area contributed by atoms with Gasteiger partial charge in [-0.15, -0.1) is 0 Å². The van der Waals surface area contributed by atoms with Crippen LogP contribution in [-0.4, -0.2) is 11.9 Å². The molecule has 15 heavy (non-hydrogen) atoms. The Morgan fingerprint density at radius 3 is 2.33 bits per heavy atom. The van der Waals surface area contributed by atoms with Gasteiger partial charge in [0.15, 0.2) is 0 Å². The Kier molecular flexibility index (Phi) is 2.46. The third-order valence-electron chi connectivity index (χ3n) is 3.75. The summed E-state index contributed by atoms with van der Waals surface area (Å²) >= 11 is 0. The topological polar surface area (TPSA) is 52.9 Å². The molecule has 0 aromatic carbocycles. The van der Waals surface area contributed by atoms with Crippen LogP contribution in [0.15, 0.2) is 0 Å². The van der Waals surface area contributed by atoms with Gasteiger partial charge in [0.25, 0.3) is 0 Å². The van der Waals surface area contributed by atoms with Gasteiger partial charge in [-0.25, -0.2) is 0 Å². The van der Waals surface area contributed by atoms with Crippen LogP contribution >= 0.6 is 0 Å². The van der Waals surface area contributed by atoms with E-state index in [-0.39, 0.29) is 5.91 Å². The summed E-state index contributed by atoms with van der Waals surface area (Å²) in [7, 11) is 0. The van der Waals surface area contributed by atoms with E-state index in [4.69, 9.17) is 5.26 Å². The summed E-state index contributed by atoms with van der Waals surface area (Å²) < 4.78 is 0. The van der Waals surface area contributed by atoms with E-state index in [1.54, 1.807) is 0 Å². The van der Waals surface area contributed by atoms with Gasteiger partial charge in [-0.2, -0.15) is 5.26 Å². The van der Waals surface area contributed by atoms with Gasteiger partial charge in [-0.05, 0) is 37.5 Å².